The number of hydrogen-bond acceptors (Lipinski definition) is 3. The predicted octanol–water partition coefficient (Wildman–Crippen LogP) is 3.49. The Morgan fingerprint density at radius 3 is 2.76 bits per heavy atom. The first-order chi connectivity index (χ1) is 12.0. The van der Waals surface area contributed by atoms with Gasteiger partial charge in [-0.2, -0.15) is 0 Å². The summed E-state index contributed by atoms with van der Waals surface area (Å²) in [5.41, 5.74) is 3.39. The molecule has 3 rings (SSSR count). The number of carbonyl (C=O) groups is 2. The third-order valence-electron chi connectivity index (χ3n) is 4.16. The van der Waals surface area contributed by atoms with E-state index >= 15 is 0 Å². The number of aryl methyl sites for hydroxylation is 1. The summed E-state index contributed by atoms with van der Waals surface area (Å²) in [7, 11) is 0. The predicted molar refractivity (Wildman–Crippen MR) is 98.3 cm³/mol. The smallest absolute Gasteiger partial charge is 0.268 e. The fourth-order valence-corrected chi connectivity index (χ4v) is 2.87. The fraction of sp³-hybridized carbons (Fsp3) is 0.263. The molecule has 0 spiro atoms. The number of nitrogens with zero attached hydrogens (tertiary/aromatic N) is 1. The molecule has 1 heterocycles. The number of anilines is 2. The summed E-state index contributed by atoms with van der Waals surface area (Å²) in [5, 5.41) is 2.70. The van der Waals surface area contributed by atoms with E-state index in [1.807, 2.05) is 31.2 Å². The van der Waals surface area contributed by atoms with E-state index in [2.05, 4.69) is 5.32 Å². The van der Waals surface area contributed by atoms with E-state index in [1.165, 1.54) is 0 Å². The van der Waals surface area contributed by atoms with Gasteiger partial charge in [0.05, 0.1) is 12.2 Å². The molecule has 0 aromatic heterocycles. The second kappa shape index (κ2) is 7.15. The zero-order valence-electron chi connectivity index (χ0n) is 14.1. The summed E-state index contributed by atoms with van der Waals surface area (Å²) >= 11 is 5.54. The van der Waals surface area contributed by atoms with Crippen molar-refractivity contribution in [3.05, 3.63) is 53.6 Å². The molecule has 1 N–H and O–H groups in total. The van der Waals surface area contributed by atoms with Crippen molar-refractivity contribution in [2.45, 2.75) is 26.5 Å². The molecule has 1 aliphatic rings. The van der Waals surface area contributed by atoms with Gasteiger partial charge in [0, 0.05) is 5.69 Å². The molecular formula is C19H19ClN2O3. The van der Waals surface area contributed by atoms with Crippen LogP contribution in [-0.4, -0.2) is 23.8 Å². The number of halogens is 1. The van der Waals surface area contributed by atoms with Crippen molar-refractivity contribution in [3.8, 4) is 5.75 Å². The first kappa shape index (κ1) is 17.3. The van der Waals surface area contributed by atoms with E-state index < -0.39 is 6.10 Å². The van der Waals surface area contributed by atoms with Crippen LogP contribution in [-0.2, 0) is 16.1 Å². The monoisotopic (exact) mass is 358 g/mol. The van der Waals surface area contributed by atoms with Gasteiger partial charge >= 0.3 is 0 Å². The molecule has 1 unspecified atom stereocenters. The highest BCUT2D eigenvalue weighted by Gasteiger charge is 2.32. The van der Waals surface area contributed by atoms with E-state index in [-0.39, 0.29) is 17.7 Å². The number of carbonyl (C=O) groups excluding carboxylic acids is 2. The van der Waals surface area contributed by atoms with Gasteiger partial charge in [0.2, 0.25) is 5.91 Å². The maximum absolute atomic E-state index is 12.7. The first-order valence-corrected chi connectivity index (χ1v) is 8.55. The molecule has 1 atom stereocenters. The second-order valence-electron chi connectivity index (χ2n) is 5.98. The van der Waals surface area contributed by atoms with Crippen LogP contribution in [0.25, 0.3) is 0 Å². The Bertz CT molecular complexity index is 822. The highest BCUT2D eigenvalue weighted by molar-refractivity contribution is 6.29. The average molecular weight is 359 g/mol. The standard InChI is InChI=1S/C19H19ClN2O3/c1-12-5-3-4-6-14(12)11-22-16-9-15(21-18(23)10-20)7-8-17(16)25-13(2)19(22)24/h3-9,13H,10-11H2,1-2H3,(H,21,23). The molecule has 0 saturated heterocycles. The van der Waals surface area contributed by atoms with Gasteiger partial charge in [-0.25, -0.2) is 0 Å². The molecule has 0 bridgehead atoms. The Labute approximate surface area is 151 Å². The van der Waals surface area contributed by atoms with Crippen molar-refractivity contribution in [2.24, 2.45) is 0 Å². The molecule has 0 saturated carbocycles. The van der Waals surface area contributed by atoms with Crippen LogP contribution in [0, 0.1) is 6.92 Å². The summed E-state index contributed by atoms with van der Waals surface area (Å²) in [4.78, 5) is 25.9. The number of nitrogens with one attached hydrogen (secondary N) is 1. The highest BCUT2D eigenvalue weighted by Crippen LogP contribution is 2.37. The number of hydrogen-bond donors (Lipinski definition) is 1. The van der Waals surface area contributed by atoms with Gasteiger partial charge < -0.3 is 15.0 Å². The first-order valence-electron chi connectivity index (χ1n) is 8.02. The van der Waals surface area contributed by atoms with E-state index in [4.69, 9.17) is 16.3 Å². The lowest BCUT2D eigenvalue weighted by atomic mass is 10.1. The van der Waals surface area contributed by atoms with Gasteiger partial charge in [0.25, 0.3) is 5.91 Å². The zero-order chi connectivity index (χ0) is 18.0. The van der Waals surface area contributed by atoms with Crippen LogP contribution in [0.15, 0.2) is 42.5 Å². The zero-order valence-corrected chi connectivity index (χ0v) is 14.8. The summed E-state index contributed by atoms with van der Waals surface area (Å²) in [5.74, 6) is 0.0702. The van der Waals surface area contributed by atoms with Crippen LogP contribution in [0.3, 0.4) is 0 Å². The number of rotatable bonds is 4. The van der Waals surface area contributed by atoms with Crippen LogP contribution >= 0.6 is 11.6 Å². The Balaban J connectivity index is 1.98. The van der Waals surface area contributed by atoms with Gasteiger partial charge in [-0.3, -0.25) is 9.59 Å². The molecule has 1 aliphatic heterocycles. The molecule has 6 heteroatoms. The third kappa shape index (κ3) is 3.61. The minimum Gasteiger partial charge on any atom is -0.479 e. The summed E-state index contributed by atoms with van der Waals surface area (Å²) in [6.07, 6.45) is -0.556. The van der Waals surface area contributed by atoms with E-state index in [0.29, 0.717) is 23.7 Å². The van der Waals surface area contributed by atoms with Gasteiger partial charge in [-0.1, -0.05) is 24.3 Å². The molecular weight excluding hydrogens is 340 g/mol. The maximum atomic E-state index is 12.7. The maximum Gasteiger partial charge on any atom is 0.268 e. The summed E-state index contributed by atoms with van der Waals surface area (Å²) < 4.78 is 5.70. The Morgan fingerprint density at radius 2 is 2.04 bits per heavy atom. The van der Waals surface area contributed by atoms with Gasteiger partial charge in [-0.05, 0) is 43.2 Å². The number of amides is 2. The lowest BCUT2D eigenvalue weighted by molar-refractivity contribution is -0.125. The minimum atomic E-state index is -0.556. The summed E-state index contributed by atoms with van der Waals surface area (Å²) in [6, 6.07) is 13.2. The van der Waals surface area contributed by atoms with Crippen molar-refractivity contribution in [1.82, 2.24) is 0 Å². The van der Waals surface area contributed by atoms with Crippen LogP contribution in [0.1, 0.15) is 18.1 Å². The van der Waals surface area contributed by atoms with Gasteiger partial charge in [0.1, 0.15) is 11.6 Å². The molecule has 0 radical (unpaired) electrons. The van der Waals surface area contributed by atoms with Crippen molar-refractivity contribution < 1.29 is 14.3 Å². The van der Waals surface area contributed by atoms with Gasteiger partial charge in [-0.15, -0.1) is 11.6 Å². The van der Waals surface area contributed by atoms with Crippen LogP contribution in [0.2, 0.25) is 0 Å². The van der Waals surface area contributed by atoms with Crippen LogP contribution < -0.4 is 15.0 Å². The third-order valence-corrected chi connectivity index (χ3v) is 4.40. The minimum absolute atomic E-state index is 0.114. The topological polar surface area (TPSA) is 58.6 Å². The Morgan fingerprint density at radius 1 is 1.28 bits per heavy atom. The van der Waals surface area contributed by atoms with E-state index in [9.17, 15) is 9.59 Å². The van der Waals surface area contributed by atoms with E-state index in [1.54, 1.807) is 30.0 Å². The molecule has 2 aromatic carbocycles. The van der Waals surface area contributed by atoms with Crippen LogP contribution in [0.4, 0.5) is 11.4 Å². The number of benzene rings is 2. The molecule has 0 aliphatic carbocycles. The second-order valence-corrected chi connectivity index (χ2v) is 6.24. The number of ether oxygens (including phenoxy) is 1. The number of fused-ring (bicyclic) bond motifs is 1. The van der Waals surface area contributed by atoms with Crippen molar-refractivity contribution in [3.63, 3.8) is 0 Å². The van der Waals surface area contributed by atoms with Crippen molar-refractivity contribution in [1.29, 1.82) is 0 Å². The van der Waals surface area contributed by atoms with Crippen molar-refractivity contribution in [2.75, 3.05) is 16.1 Å². The summed E-state index contributed by atoms with van der Waals surface area (Å²) in [6.45, 7) is 4.19. The van der Waals surface area contributed by atoms with Gasteiger partial charge in [0.15, 0.2) is 6.10 Å². The molecule has 2 aromatic rings. The normalized spacial score (nSPS) is 16.2. The molecule has 0 fully saturated rings. The largest absolute Gasteiger partial charge is 0.479 e. The lowest BCUT2D eigenvalue weighted by Crippen LogP contribution is -2.44. The molecule has 2 amide bonds. The SMILES string of the molecule is Cc1ccccc1CN1C(=O)C(C)Oc2ccc(NC(=O)CCl)cc21. The average Bonchev–Trinajstić information content (AvgIpc) is 2.61. The molecule has 130 valence electrons. The van der Waals surface area contributed by atoms with Crippen LogP contribution in [0.5, 0.6) is 5.75 Å². The molecule has 5 nitrogen and oxygen atoms in total. The quantitative estimate of drug-likeness (QED) is 0.851. The van der Waals surface area contributed by atoms with E-state index in [0.717, 1.165) is 11.1 Å². The molecule has 25 heavy (non-hydrogen) atoms. The Hall–Kier alpha value is -2.53. The lowest BCUT2D eigenvalue weighted by Gasteiger charge is -2.33. The highest BCUT2D eigenvalue weighted by atomic mass is 35.5. The Kier molecular flexibility index (Phi) is 4.95. The van der Waals surface area contributed by atoms with Crippen molar-refractivity contribution >= 4 is 34.8 Å². The fourth-order valence-electron chi connectivity index (χ4n) is 2.80. The number of alkyl halides is 1.